The summed E-state index contributed by atoms with van der Waals surface area (Å²) in [4.78, 5) is 24.2. The fourth-order valence-electron chi connectivity index (χ4n) is 3.93. The van der Waals surface area contributed by atoms with E-state index in [2.05, 4.69) is 17.2 Å². The number of aliphatic hydroxyl groups is 1. The third-order valence-electron chi connectivity index (χ3n) is 5.67. The Bertz CT molecular complexity index is 1140. The summed E-state index contributed by atoms with van der Waals surface area (Å²) in [6.45, 7) is 3.43. The number of rotatable bonds is 10. The van der Waals surface area contributed by atoms with Crippen molar-refractivity contribution in [1.29, 1.82) is 0 Å². The smallest absolute Gasteiger partial charge is 0.255 e. The summed E-state index contributed by atoms with van der Waals surface area (Å²) in [7, 11) is -2.66. The Morgan fingerprint density at radius 3 is 2.62 bits per heavy atom. The number of methoxy groups -OCH3 is 1. The van der Waals surface area contributed by atoms with E-state index in [4.69, 9.17) is 4.74 Å². The van der Waals surface area contributed by atoms with Crippen molar-refractivity contribution in [3.05, 3.63) is 72.3 Å². The van der Waals surface area contributed by atoms with E-state index in [1.165, 1.54) is 25.3 Å². The monoisotopic (exact) mass is 487 g/mol. The van der Waals surface area contributed by atoms with E-state index < -0.39 is 34.6 Å². The van der Waals surface area contributed by atoms with Gasteiger partial charge in [0.05, 0.1) is 30.2 Å². The number of carbonyl (C=O) groups excluding carboxylic acids is 2. The van der Waals surface area contributed by atoms with Gasteiger partial charge in [0.25, 0.3) is 5.91 Å². The molecule has 0 saturated carbocycles. The number of benzene rings is 2. The minimum Gasteiger partial charge on any atom is -0.496 e. The largest absolute Gasteiger partial charge is 0.496 e. The standard InChI is InChI=1S/C24H29N3O6S/c1-3-23(29)26-18-13-19(16-28)27(15-18)34(31,32)20-9-10-21(22(14-20)33-2)24(30)25-12-11-17-7-5-4-6-8-17/h3-10,14,18-19,28H,1,11-13,15-16H2,2H3,(H,25,30)(H,26,29). The number of carbonyl (C=O) groups is 2. The molecule has 182 valence electrons. The van der Waals surface area contributed by atoms with E-state index in [-0.39, 0.29) is 35.1 Å². The normalized spacial score (nSPS) is 18.3. The van der Waals surface area contributed by atoms with Crippen LogP contribution in [0.5, 0.6) is 5.75 Å². The van der Waals surface area contributed by atoms with Crippen LogP contribution < -0.4 is 15.4 Å². The van der Waals surface area contributed by atoms with Crippen molar-refractivity contribution in [2.45, 2.75) is 29.8 Å². The molecule has 2 atom stereocenters. The summed E-state index contributed by atoms with van der Waals surface area (Å²) in [6, 6.07) is 12.6. The molecule has 0 aliphatic carbocycles. The fraction of sp³-hybridized carbons (Fsp3) is 0.333. The first-order chi connectivity index (χ1) is 16.3. The summed E-state index contributed by atoms with van der Waals surface area (Å²) in [6.07, 6.45) is 2.04. The van der Waals surface area contributed by atoms with Crippen LogP contribution in [0.25, 0.3) is 0 Å². The van der Waals surface area contributed by atoms with Crippen molar-refractivity contribution in [3.8, 4) is 5.75 Å². The number of hydrogen-bond donors (Lipinski definition) is 3. The van der Waals surface area contributed by atoms with Crippen molar-refractivity contribution >= 4 is 21.8 Å². The molecule has 2 unspecified atom stereocenters. The van der Waals surface area contributed by atoms with Crippen LogP contribution in [0.3, 0.4) is 0 Å². The zero-order valence-corrected chi connectivity index (χ0v) is 19.8. The van der Waals surface area contributed by atoms with E-state index >= 15 is 0 Å². The quantitative estimate of drug-likeness (QED) is 0.431. The Kier molecular flexibility index (Phi) is 8.43. The lowest BCUT2D eigenvalue weighted by molar-refractivity contribution is -0.117. The van der Waals surface area contributed by atoms with Gasteiger partial charge in [-0.25, -0.2) is 8.42 Å². The first-order valence-corrected chi connectivity index (χ1v) is 12.3. The highest BCUT2D eigenvalue weighted by molar-refractivity contribution is 7.89. The molecule has 2 aromatic carbocycles. The number of nitrogens with zero attached hydrogens (tertiary/aromatic N) is 1. The van der Waals surface area contributed by atoms with Crippen LogP contribution in [0, 0.1) is 0 Å². The first-order valence-electron chi connectivity index (χ1n) is 10.9. The molecule has 1 saturated heterocycles. The molecule has 1 heterocycles. The molecule has 34 heavy (non-hydrogen) atoms. The number of amides is 2. The van der Waals surface area contributed by atoms with Gasteiger partial charge >= 0.3 is 0 Å². The second kappa shape index (κ2) is 11.3. The van der Waals surface area contributed by atoms with Crippen molar-refractivity contribution < 1.29 is 27.9 Å². The molecule has 1 aliphatic heterocycles. The molecular formula is C24H29N3O6S. The van der Waals surface area contributed by atoms with Gasteiger partial charge in [0.15, 0.2) is 0 Å². The van der Waals surface area contributed by atoms with Crippen molar-refractivity contribution in [2.75, 3.05) is 26.8 Å². The first kappa shape index (κ1) is 25.4. The van der Waals surface area contributed by atoms with Gasteiger partial charge in [-0.3, -0.25) is 9.59 Å². The molecule has 2 amide bonds. The molecule has 10 heteroatoms. The van der Waals surface area contributed by atoms with Crippen LogP contribution >= 0.6 is 0 Å². The zero-order chi connectivity index (χ0) is 24.7. The molecule has 3 N–H and O–H groups in total. The van der Waals surface area contributed by atoms with E-state index in [9.17, 15) is 23.1 Å². The Labute approximate surface area is 199 Å². The maximum atomic E-state index is 13.3. The van der Waals surface area contributed by atoms with Crippen LogP contribution in [0.1, 0.15) is 22.3 Å². The maximum absolute atomic E-state index is 13.3. The molecule has 0 bridgehead atoms. The average molecular weight is 488 g/mol. The Morgan fingerprint density at radius 1 is 1.24 bits per heavy atom. The third-order valence-corrected chi connectivity index (χ3v) is 7.59. The average Bonchev–Trinajstić information content (AvgIpc) is 3.27. The van der Waals surface area contributed by atoms with Crippen molar-refractivity contribution in [2.24, 2.45) is 0 Å². The highest BCUT2D eigenvalue weighted by Gasteiger charge is 2.40. The lowest BCUT2D eigenvalue weighted by atomic mass is 10.1. The number of ether oxygens (including phenoxy) is 1. The predicted molar refractivity (Wildman–Crippen MR) is 127 cm³/mol. The maximum Gasteiger partial charge on any atom is 0.255 e. The van der Waals surface area contributed by atoms with Gasteiger partial charge in [-0.2, -0.15) is 4.31 Å². The SMILES string of the molecule is C=CC(=O)NC1CC(CO)N(S(=O)(=O)c2ccc(C(=O)NCCc3ccccc3)c(OC)c2)C1. The van der Waals surface area contributed by atoms with Gasteiger partial charge in [0.1, 0.15) is 5.75 Å². The van der Waals surface area contributed by atoms with Crippen molar-refractivity contribution in [1.82, 2.24) is 14.9 Å². The van der Waals surface area contributed by atoms with Crippen molar-refractivity contribution in [3.63, 3.8) is 0 Å². The molecular weight excluding hydrogens is 458 g/mol. The molecule has 0 aromatic heterocycles. The molecule has 1 fully saturated rings. The van der Waals surface area contributed by atoms with E-state index in [0.717, 1.165) is 15.9 Å². The van der Waals surface area contributed by atoms with Crippen LogP contribution in [0.4, 0.5) is 0 Å². The highest BCUT2D eigenvalue weighted by atomic mass is 32.2. The summed E-state index contributed by atoms with van der Waals surface area (Å²) < 4.78 is 33.1. The number of nitrogens with one attached hydrogen (secondary N) is 2. The van der Waals surface area contributed by atoms with Gasteiger partial charge < -0.3 is 20.5 Å². The predicted octanol–water partition coefficient (Wildman–Crippen LogP) is 1.09. The second-order valence-corrected chi connectivity index (χ2v) is 9.80. The summed E-state index contributed by atoms with van der Waals surface area (Å²) in [5.41, 5.74) is 1.30. The van der Waals surface area contributed by atoms with Gasteiger partial charge in [0, 0.05) is 25.2 Å². The van der Waals surface area contributed by atoms with Gasteiger partial charge in [-0.1, -0.05) is 36.9 Å². The van der Waals surface area contributed by atoms with Crippen LogP contribution in [0.15, 0.2) is 66.1 Å². The van der Waals surface area contributed by atoms with Crippen LogP contribution in [-0.2, 0) is 21.2 Å². The number of sulfonamides is 1. The summed E-state index contributed by atoms with van der Waals surface area (Å²) >= 11 is 0. The fourth-order valence-corrected chi connectivity index (χ4v) is 5.61. The molecule has 0 radical (unpaired) electrons. The second-order valence-electron chi connectivity index (χ2n) is 7.91. The minimum absolute atomic E-state index is 0.0111. The van der Waals surface area contributed by atoms with E-state index in [0.29, 0.717) is 13.0 Å². The van der Waals surface area contributed by atoms with Gasteiger partial charge in [-0.15, -0.1) is 0 Å². The van der Waals surface area contributed by atoms with Gasteiger partial charge in [0.2, 0.25) is 15.9 Å². The number of hydrogen-bond acceptors (Lipinski definition) is 6. The molecule has 9 nitrogen and oxygen atoms in total. The third kappa shape index (κ3) is 5.82. The van der Waals surface area contributed by atoms with Crippen LogP contribution in [0.2, 0.25) is 0 Å². The van der Waals surface area contributed by atoms with Gasteiger partial charge in [-0.05, 0) is 36.6 Å². The minimum atomic E-state index is -4.02. The lowest BCUT2D eigenvalue weighted by Crippen LogP contribution is -2.39. The molecule has 2 aromatic rings. The molecule has 0 spiro atoms. The Balaban J connectivity index is 1.74. The molecule has 3 rings (SSSR count). The summed E-state index contributed by atoms with van der Waals surface area (Å²) in [5, 5.41) is 15.2. The zero-order valence-electron chi connectivity index (χ0n) is 18.9. The molecule has 1 aliphatic rings. The van der Waals surface area contributed by atoms with Crippen LogP contribution in [-0.4, -0.2) is 68.5 Å². The Hall–Kier alpha value is -3.21. The highest BCUT2D eigenvalue weighted by Crippen LogP contribution is 2.30. The lowest BCUT2D eigenvalue weighted by Gasteiger charge is -2.23. The topological polar surface area (TPSA) is 125 Å². The summed E-state index contributed by atoms with van der Waals surface area (Å²) in [5.74, 6) is -0.668. The van der Waals surface area contributed by atoms with E-state index in [1.807, 2.05) is 30.3 Å². The Morgan fingerprint density at radius 2 is 1.97 bits per heavy atom. The van der Waals surface area contributed by atoms with E-state index in [1.54, 1.807) is 0 Å². The number of aliphatic hydroxyl groups excluding tert-OH is 1.